The molecule has 0 fully saturated rings. The Morgan fingerprint density at radius 3 is 3.06 bits per heavy atom. The molecule has 16 heavy (non-hydrogen) atoms. The number of fused-ring (bicyclic) bond motifs is 1. The Kier molecular flexibility index (Phi) is 2.80. The fourth-order valence-corrected chi connectivity index (χ4v) is 1.85. The fourth-order valence-electron chi connectivity index (χ4n) is 1.59. The van der Waals surface area contributed by atoms with E-state index in [1.165, 1.54) is 0 Å². The van der Waals surface area contributed by atoms with E-state index in [1.54, 1.807) is 29.8 Å². The number of carboxylic acids is 1. The number of rotatable bonds is 3. The van der Waals surface area contributed by atoms with Crippen LogP contribution in [0.4, 0.5) is 0 Å². The summed E-state index contributed by atoms with van der Waals surface area (Å²) in [6, 6.07) is 3.40. The van der Waals surface area contributed by atoms with Gasteiger partial charge in [-0.05, 0) is 19.2 Å². The second-order valence-corrected chi connectivity index (χ2v) is 3.69. The molecule has 2 aromatic heterocycles. The molecule has 0 radical (unpaired) electrons. The number of nitrogens with one attached hydrogen (secondary N) is 1. The molecule has 0 saturated heterocycles. The third-order valence-corrected chi connectivity index (χ3v) is 2.53. The summed E-state index contributed by atoms with van der Waals surface area (Å²) in [6.07, 6.45) is 1.74. The zero-order valence-electron chi connectivity index (χ0n) is 8.57. The molecule has 2 N–H and O–H groups in total. The van der Waals surface area contributed by atoms with E-state index in [1.807, 2.05) is 0 Å². The maximum absolute atomic E-state index is 11.0. The van der Waals surface area contributed by atoms with Gasteiger partial charge in [-0.15, -0.1) is 0 Å². The van der Waals surface area contributed by atoms with Crippen molar-refractivity contribution in [1.82, 2.24) is 14.7 Å². The van der Waals surface area contributed by atoms with E-state index in [9.17, 15) is 4.79 Å². The van der Waals surface area contributed by atoms with Gasteiger partial charge in [0.2, 0.25) is 0 Å². The number of halogens is 1. The first-order chi connectivity index (χ1) is 7.65. The van der Waals surface area contributed by atoms with Gasteiger partial charge in [-0.3, -0.25) is 0 Å². The number of hydrogen-bond acceptors (Lipinski definition) is 3. The third-order valence-electron chi connectivity index (χ3n) is 2.23. The van der Waals surface area contributed by atoms with Gasteiger partial charge in [0, 0.05) is 6.20 Å². The van der Waals surface area contributed by atoms with Crippen molar-refractivity contribution in [3.63, 3.8) is 0 Å². The van der Waals surface area contributed by atoms with Gasteiger partial charge in [0.05, 0.1) is 17.1 Å². The molecule has 0 saturated carbocycles. The summed E-state index contributed by atoms with van der Waals surface area (Å²) in [5.74, 6) is -0.453. The van der Waals surface area contributed by atoms with Crippen LogP contribution in [0, 0.1) is 0 Å². The molecule has 2 aromatic rings. The van der Waals surface area contributed by atoms with Gasteiger partial charge in [-0.25, -0.2) is 9.78 Å². The molecule has 0 amide bonds. The van der Waals surface area contributed by atoms with Crippen LogP contribution < -0.4 is 5.32 Å². The molecule has 2 heterocycles. The predicted molar refractivity (Wildman–Crippen MR) is 59.9 cm³/mol. The van der Waals surface area contributed by atoms with Crippen molar-refractivity contribution in [2.45, 2.75) is 6.54 Å². The lowest BCUT2D eigenvalue weighted by Gasteiger charge is -2.00. The van der Waals surface area contributed by atoms with E-state index in [0.717, 1.165) is 0 Å². The molecule has 0 aromatic carbocycles. The van der Waals surface area contributed by atoms with E-state index in [2.05, 4.69) is 10.3 Å². The van der Waals surface area contributed by atoms with Gasteiger partial charge < -0.3 is 14.8 Å². The van der Waals surface area contributed by atoms with Gasteiger partial charge in [-0.1, -0.05) is 11.6 Å². The van der Waals surface area contributed by atoms with Crippen LogP contribution in [0.15, 0.2) is 18.3 Å². The molecule has 0 aliphatic rings. The number of carboxylic acid groups (broad SMARTS) is 1. The van der Waals surface area contributed by atoms with Gasteiger partial charge in [0.1, 0.15) is 5.82 Å². The Labute approximate surface area is 96.7 Å². The largest absolute Gasteiger partial charge is 0.476 e. The first-order valence-corrected chi connectivity index (χ1v) is 5.06. The van der Waals surface area contributed by atoms with Crippen molar-refractivity contribution in [3.05, 3.63) is 34.9 Å². The van der Waals surface area contributed by atoms with E-state index < -0.39 is 5.97 Å². The number of imidazole rings is 1. The quantitative estimate of drug-likeness (QED) is 0.850. The Balaban J connectivity index is 2.76. The minimum atomic E-state index is -1.08. The van der Waals surface area contributed by atoms with E-state index in [0.29, 0.717) is 22.9 Å². The molecule has 0 aliphatic carbocycles. The molecule has 0 spiro atoms. The Bertz CT molecular complexity index is 550. The monoisotopic (exact) mass is 239 g/mol. The Morgan fingerprint density at radius 1 is 1.69 bits per heavy atom. The Morgan fingerprint density at radius 2 is 2.44 bits per heavy atom. The molecule has 0 bridgehead atoms. The van der Waals surface area contributed by atoms with Crippen molar-refractivity contribution in [1.29, 1.82) is 0 Å². The van der Waals surface area contributed by atoms with Crippen LogP contribution in [-0.4, -0.2) is 27.5 Å². The van der Waals surface area contributed by atoms with Crippen molar-refractivity contribution in [2.24, 2.45) is 0 Å². The lowest BCUT2D eigenvalue weighted by molar-refractivity contribution is 0.0693. The predicted octanol–water partition coefficient (Wildman–Crippen LogP) is 1.41. The van der Waals surface area contributed by atoms with Crippen LogP contribution in [0.1, 0.15) is 16.3 Å². The minimum Gasteiger partial charge on any atom is -0.476 e. The van der Waals surface area contributed by atoms with Crippen LogP contribution in [0.2, 0.25) is 5.02 Å². The molecular formula is C10H10ClN3O2. The summed E-state index contributed by atoms with van der Waals surface area (Å²) in [7, 11) is 1.77. The van der Waals surface area contributed by atoms with Crippen LogP contribution in [-0.2, 0) is 6.54 Å². The van der Waals surface area contributed by atoms with Crippen LogP contribution in [0.3, 0.4) is 0 Å². The van der Waals surface area contributed by atoms with Crippen molar-refractivity contribution in [3.8, 4) is 0 Å². The zero-order chi connectivity index (χ0) is 11.7. The first-order valence-electron chi connectivity index (χ1n) is 4.68. The number of aromatic nitrogens is 2. The van der Waals surface area contributed by atoms with E-state index in [4.69, 9.17) is 16.7 Å². The standard InChI is InChI=1S/C10H10ClN3O2/c1-12-5-7-13-8(10(15)16)9-6(11)3-2-4-14(7)9/h2-4,12H,5H2,1H3,(H,15,16). The van der Waals surface area contributed by atoms with Gasteiger partial charge >= 0.3 is 5.97 Å². The average molecular weight is 240 g/mol. The number of aromatic carboxylic acids is 1. The second-order valence-electron chi connectivity index (χ2n) is 3.29. The highest BCUT2D eigenvalue weighted by Gasteiger charge is 2.18. The number of pyridine rings is 1. The molecule has 0 unspecified atom stereocenters. The lowest BCUT2D eigenvalue weighted by Crippen LogP contribution is -2.08. The minimum absolute atomic E-state index is 0.0177. The molecule has 84 valence electrons. The van der Waals surface area contributed by atoms with E-state index >= 15 is 0 Å². The van der Waals surface area contributed by atoms with Crippen molar-refractivity contribution < 1.29 is 9.90 Å². The summed E-state index contributed by atoms with van der Waals surface area (Å²) in [6.45, 7) is 0.481. The summed E-state index contributed by atoms with van der Waals surface area (Å²) in [4.78, 5) is 15.1. The van der Waals surface area contributed by atoms with Gasteiger partial charge in [0.15, 0.2) is 5.69 Å². The lowest BCUT2D eigenvalue weighted by atomic mass is 10.3. The topological polar surface area (TPSA) is 66.6 Å². The highest BCUT2D eigenvalue weighted by atomic mass is 35.5. The molecule has 0 aliphatic heterocycles. The molecule has 5 nitrogen and oxygen atoms in total. The van der Waals surface area contributed by atoms with Crippen LogP contribution in [0.5, 0.6) is 0 Å². The highest BCUT2D eigenvalue weighted by Crippen LogP contribution is 2.22. The maximum atomic E-state index is 11.0. The zero-order valence-corrected chi connectivity index (χ0v) is 9.32. The van der Waals surface area contributed by atoms with Gasteiger partial charge in [-0.2, -0.15) is 0 Å². The SMILES string of the molecule is CNCc1nc(C(=O)O)c2c(Cl)cccn12. The number of hydrogen-bond donors (Lipinski definition) is 2. The summed E-state index contributed by atoms with van der Waals surface area (Å²) >= 11 is 5.98. The van der Waals surface area contributed by atoms with Crippen LogP contribution >= 0.6 is 11.6 Å². The average Bonchev–Trinajstić information content (AvgIpc) is 2.60. The number of carbonyl (C=O) groups is 1. The summed E-state index contributed by atoms with van der Waals surface area (Å²) in [5.41, 5.74) is 0.415. The molecule has 2 rings (SSSR count). The first kappa shape index (κ1) is 10.9. The molecule has 0 atom stereocenters. The number of nitrogens with zero attached hydrogens (tertiary/aromatic N) is 2. The normalized spacial score (nSPS) is 10.9. The third kappa shape index (κ3) is 1.64. The molecular weight excluding hydrogens is 230 g/mol. The van der Waals surface area contributed by atoms with E-state index in [-0.39, 0.29) is 5.69 Å². The van der Waals surface area contributed by atoms with Crippen LogP contribution in [0.25, 0.3) is 5.52 Å². The fraction of sp³-hybridized carbons (Fsp3) is 0.200. The van der Waals surface area contributed by atoms with Crippen molar-refractivity contribution in [2.75, 3.05) is 7.05 Å². The Hall–Kier alpha value is -1.59. The van der Waals surface area contributed by atoms with Crippen molar-refractivity contribution >= 4 is 23.1 Å². The maximum Gasteiger partial charge on any atom is 0.356 e. The second kappa shape index (κ2) is 4.11. The summed E-state index contributed by atoms with van der Waals surface area (Å²) < 4.78 is 1.68. The smallest absolute Gasteiger partial charge is 0.356 e. The van der Waals surface area contributed by atoms with Gasteiger partial charge in [0.25, 0.3) is 0 Å². The highest BCUT2D eigenvalue weighted by molar-refractivity contribution is 6.34. The summed E-state index contributed by atoms with van der Waals surface area (Å²) in [5, 5.41) is 12.3. The molecule has 6 heteroatoms.